The fourth-order valence-corrected chi connectivity index (χ4v) is 3.01. The van der Waals surface area contributed by atoms with Gasteiger partial charge >= 0.3 is 0 Å². The molecule has 1 N–H and O–H groups in total. The molecule has 1 unspecified atom stereocenters. The minimum absolute atomic E-state index is 0.365. The van der Waals surface area contributed by atoms with Gasteiger partial charge in [0.15, 0.2) is 0 Å². The predicted octanol–water partition coefficient (Wildman–Crippen LogP) is 3.77. The Hall–Kier alpha value is -1.13. The van der Waals surface area contributed by atoms with E-state index in [9.17, 15) is 0 Å². The second-order valence-electron chi connectivity index (χ2n) is 5.12. The zero-order valence-corrected chi connectivity index (χ0v) is 13.9. The van der Waals surface area contributed by atoms with E-state index in [-0.39, 0.29) is 0 Å². The SMILES string of the molecule is CCNC(CCc1ccnn1C)c1cc(C)ccc1Br. The van der Waals surface area contributed by atoms with Crippen molar-refractivity contribution in [3.05, 3.63) is 51.8 Å². The van der Waals surface area contributed by atoms with Crippen molar-refractivity contribution >= 4 is 15.9 Å². The maximum Gasteiger partial charge on any atom is 0.0492 e. The summed E-state index contributed by atoms with van der Waals surface area (Å²) < 4.78 is 3.13. The Morgan fingerprint density at radius 1 is 1.35 bits per heavy atom. The summed E-state index contributed by atoms with van der Waals surface area (Å²) >= 11 is 3.68. The molecule has 1 aromatic heterocycles. The fraction of sp³-hybridized carbons (Fsp3) is 0.438. The van der Waals surface area contributed by atoms with Crippen LogP contribution in [0.1, 0.15) is 36.2 Å². The molecule has 2 aromatic rings. The van der Waals surface area contributed by atoms with Gasteiger partial charge in [-0.15, -0.1) is 0 Å². The summed E-state index contributed by atoms with van der Waals surface area (Å²) in [5.74, 6) is 0. The van der Waals surface area contributed by atoms with E-state index in [1.165, 1.54) is 21.3 Å². The molecular weight excluding hydrogens is 314 g/mol. The molecule has 0 aliphatic carbocycles. The molecule has 0 aliphatic heterocycles. The normalized spacial score (nSPS) is 12.6. The van der Waals surface area contributed by atoms with E-state index in [1.54, 1.807) is 0 Å². The average Bonchev–Trinajstić information content (AvgIpc) is 2.83. The molecule has 0 radical (unpaired) electrons. The first-order valence-electron chi connectivity index (χ1n) is 7.08. The Kier molecular flexibility index (Phi) is 5.38. The highest BCUT2D eigenvalue weighted by Crippen LogP contribution is 2.27. The van der Waals surface area contributed by atoms with Gasteiger partial charge in [-0.1, -0.05) is 40.5 Å². The number of nitrogens with one attached hydrogen (secondary N) is 1. The summed E-state index contributed by atoms with van der Waals surface area (Å²) in [6.45, 7) is 5.26. The molecule has 0 saturated heterocycles. The van der Waals surface area contributed by atoms with Crippen LogP contribution in [0.5, 0.6) is 0 Å². The lowest BCUT2D eigenvalue weighted by molar-refractivity contribution is 0.504. The molecule has 2 rings (SSSR count). The van der Waals surface area contributed by atoms with Gasteiger partial charge in [-0.25, -0.2) is 0 Å². The minimum atomic E-state index is 0.365. The number of aryl methyl sites for hydroxylation is 3. The maximum atomic E-state index is 4.23. The van der Waals surface area contributed by atoms with Crippen LogP contribution in [0.3, 0.4) is 0 Å². The molecule has 4 heteroatoms. The Morgan fingerprint density at radius 3 is 2.80 bits per heavy atom. The van der Waals surface area contributed by atoms with Gasteiger partial charge in [-0.3, -0.25) is 4.68 Å². The maximum absolute atomic E-state index is 4.23. The Morgan fingerprint density at radius 2 is 2.15 bits per heavy atom. The lowest BCUT2D eigenvalue weighted by Gasteiger charge is -2.20. The third-order valence-electron chi connectivity index (χ3n) is 3.59. The summed E-state index contributed by atoms with van der Waals surface area (Å²) in [4.78, 5) is 0. The molecule has 1 heterocycles. The number of aromatic nitrogens is 2. The highest BCUT2D eigenvalue weighted by Gasteiger charge is 2.14. The van der Waals surface area contributed by atoms with E-state index in [0.717, 1.165) is 19.4 Å². The van der Waals surface area contributed by atoms with Crippen LogP contribution in [-0.4, -0.2) is 16.3 Å². The van der Waals surface area contributed by atoms with Gasteiger partial charge in [-0.2, -0.15) is 5.10 Å². The van der Waals surface area contributed by atoms with Crippen LogP contribution < -0.4 is 5.32 Å². The Balaban J connectivity index is 2.14. The minimum Gasteiger partial charge on any atom is -0.310 e. The molecule has 1 atom stereocenters. The Bertz CT molecular complexity index is 563. The van der Waals surface area contributed by atoms with Gasteiger partial charge in [0.25, 0.3) is 0 Å². The van der Waals surface area contributed by atoms with E-state index in [0.29, 0.717) is 6.04 Å². The topological polar surface area (TPSA) is 29.9 Å². The van der Waals surface area contributed by atoms with Crippen LogP contribution in [0.4, 0.5) is 0 Å². The lowest BCUT2D eigenvalue weighted by Crippen LogP contribution is -2.22. The highest BCUT2D eigenvalue weighted by molar-refractivity contribution is 9.10. The van der Waals surface area contributed by atoms with Gasteiger partial charge < -0.3 is 5.32 Å². The molecule has 108 valence electrons. The zero-order valence-electron chi connectivity index (χ0n) is 12.4. The highest BCUT2D eigenvalue weighted by atomic mass is 79.9. The largest absolute Gasteiger partial charge is 0.310 e. The number of halogens is 1. The van der Waals surface area contributed by atoms with Gasteiger partial charge in [0.05, 0.1) is 0 Å². The van der Waals surface area contributed by atoms with Crippen molar-refractivity contribution in [1.82, 2.24) is 15.1 Å². The smallest absolute Gasteiger partial charge is 0.0492 e. The van der Waals surface area contributed by atoms with Gasteiger partial charge in [-0.05, 0) is 44.0 Å². The number of rotatable bonds is 6. The summed E-state index contributed by atoms with van der Waals surface area (Å²) in [5, 5.41) is 7.82. The van der Waals surface area contributed by atoms with Crippen molar-refractivity contribution in [2.24, 2.45) is 7.05 Å². The summed E-state index contributed by atoms with van der Waals surface area (Å²) in [6, 6.07) is 9.00. The van der Waals surface area contributed by atoms with Crippen molar-refractivity contribution in [2.75, 3.05) is 6.54 Å². The van der Waals surface area contributed by atoms with Crippen LogP contribution >= 0.6 is 15.9 Å². The van der Waals surface area contributed by atoms with Crippen LogP contribution in [0.15, 0.2) is 34.9 Å². The summed E-state index contributed by atoms with van der Waals surface area (Å²) in [5.41, 5.74) is 3.91. The van der Waals surface area contributed by atoms with Gasteiger partial charge in [0, 0.05) is 29.5 Å². The number of benzene rings is 1. The first-order valence-corrected chi connectivity index (χ1v) is 7.87. The molecule has 0 amide bonds. The average molecular weight is 336 g/mol. The van der Waals surface area contributed by atoms with Crippen molar-refractivity contribution in [2.45, 2.75) is 32.7 Å². The van der Waals surface area contributed by atoms with Crippen LogP contribution in [0.2, 0.25) is 0 Å². The third-order valence-corrected chi connectivity index (χ3v) is 4.31. The Labute approximate surface area is 129 Å². The van der Waals surface area contributed by atoms with Crippen LogP contribution in [0.25, 0.3) is 0 Å². The van der Waals surface area contributed by atoms with E-state index in [4.69, 9.17) is 0 Å². The molecule has 3 nitrogen and oxygen atoms in total. The first-order chi connectivity index (χ1) is 9.61. The quantitative estimate of drug-likeness (QED) is 0.870. The fourth-order valence-electron chi connectivity index (χ4n) is 2.48. The van der Waals surface area contributed by atoms with Crippen molar-refractivity contribution in [3.8, 4) is 0 Å². The lowest BCUT2D eigenvalue weighted by atomic mass is 9.99. The van der Waals surface area contributed by atoms with Crippen molar-refractivity contribution < 1.29 is 0 Å². The van der Waals surface area contributed by atoms with E-state index in [1.807, 2.05) is 17.9 Å². The van der Waals surface area contributed by atoms with Gasteiger partial charge in [0.1, 0.15) is 0 Å². The monoisotopic (exact) mass is 335 g/mol. The number of nitrogens with zero attached hydrogens (tertiary/aromatic N) is 2. The van der Waals surface area contributed by atoms with Crippen molar-refractivity contribution in [1.29, 1.82) is 0 Å². The second kappa shape index (κ2) is 7.04. The van der Waals surface area contributed by atoms with E-state index < -0.39 is 0 Å². The number of hydrogen-bond donors (Lipinski definition) is 1. The molecule has 0 bridgehead atoms. The molecular formula is C16H22BrN3. The molecule has 1 aromatic carbocycles. The van der Waals surface area contributed by atoms with E-state index >= 15 is 0 Å². The predicted molar refractivity (Wildman–Crippen MR) is 86.8 cm³/mol. The standard InChI is InChI=1S/C16H22BrN3/c1-4-18-16(8-6-13-9-10-19-20(13)3)14-11-12(2)5-7-15(14)17/h5,7,9-11,16,18H,4,6,8H2,1-3H3. The van der Waals surface area contributed by atoms with Crippen molar-refractivity contribution in [3.63, 3.8) is 0 Å². The number of hydrogen-bond acceptors (Lipinski definition) is 2. The van der Waals surface area contributed by atoms with Crippen LogP contribution in [0, 0.1) is 6.92 Å². The van der Waals surface area contributed by atoms with Gasteiger partial charge in [0.2, 0.25) is 0 Å². The molecule has 0 spiro atoms. The third kappa shape index (κ3) is 3.70. The molecule has 0 fully saturated rings. The molecule has 0 saturated carbocycles. The summed E-state index contributed by atoms with van der Waals surface area (Å²) in [6.07, 6.45) is 3.95. The summed E-state index contributed by atoms with van der Waals surface area (Å²) in [7, 11) is 2.00. The zero-order chi connectivity index (χ0) is 14.5. The molecule has 20 heavy (non-hydrogen) atoms. The molecule has 0 aliphatic rings. The van der Waals surface area contributed by atoms with Crippen LogP contribution in [-0.2, 0) is 13.5 Å². The van der Waals surface area contributed by atoms with E-state index in [2.05, 4.69) is 64.5 Å². The first kappa shape index (κ1) is 15.3. The second-order valence-corrected chi connectivity index (χ2v) is 5.97.